The molecule has 0 spiro atoms. The van der Waals surface area contributed by atoms with Gasteiger partial charge in [0.2, 0.25) is 0 Å². The summed E-state index contributed by atoms with van der Waals surface area (Å²) in [5.74, 6) is 0. The molecule has 3 fully saturated rings. The van der Waals surface area contributed by atoms with Crippen LogP contribution in [0, 0.1) is 6.92 Å². The van der Waals surface area contributed by atoms with Crippen molar-refractivity contribution >= 4 is 10.1 Å². The van der Waals surface area contributed by atoms with Crippen LogP contribution in [0.1, 0.15) is 12.5 Å². The van der Waals surface area contributed by atoms with Crippen LogP contribution in [0.5, 0.6) is 0 Å². The molecule has 6 nitrogen and oxygen atoms in total. The molecule has 1 aromatic carbocycles. The number of aryl methyl sites for hydroxylation is 1. The summed E-state index contributed by atoms with van der Waals surface area (Å²) in [5.41, 5.74) is 0.482. The predicted octanol–water partition coefficient (Wildman–Crippen LogP) is 0.982. The van der Waals surface area contributed by atoms with Crippen molar-refractivity contribution in [2.24, 2.45) is 0 Å². The second-order valence-electron chi connectivity index (χ2n) is 5.88. The maximum absolute atomic E-state index is 12.4. The molecule has 21 heavy (non-hydrogen) atoms. The molecule has 114 valence electrons. The van der Waals surface area contributed by atoms with Crippen LogP contribution in [0.4, 0.5) is 0 Å². The van der Waals surface area contributed by atoms with Gasteiger partial charge in [0.1, 0.15) is 17.8 Å². The minimum absolute atomic E-state index is 0.121. The fourth-order valence-electron chi connectivity index (χ4n) is 2.93. The molecule has 0 aromatic heterocycles. The zero-order valence-corrected chi connectivity index (χ0v) is 12.5. The van der Waals surface area contributed by atoms with Gasteiger partial charge >= 0.3 is 0 Å². The standard InChI is InChI=1S/C14H16O6S/c1-8-3-5-9(6-4-8)21(15,16)20-11-12-14(2,19-12)10-7-17-13(11)18-10/h3-6,10-13H,7H2,1-2H3. The molecule has 3 aliphatic heterocycles. The van der Waals surface area contributed by atoms with Crippen molar-refractivity contribution in [2.45, 2.75) is 48.9 Å². The minimum Gasteiger partial charge on any atom is -0.360 e. The number of benzene rings is 1. The Bertz CT molecular complexity index is 669. The van der Waals surface area contributed by atoms with Gasteiger partial charge in [-0.1, -0.05) is 17.7 Å². The van der Waals surface area contributed by atoms with E-state index in [1.54, 1.807) is 12.1 Å². The molecule has 5 unspecified atom stereocenters. The Hall–Kier alpha value is -0.990. The molecule has 3 saturated heterocycles. The summed E-state index contributed by atoms with van der Waals surface area (Å²) in [5, 5.41) is 0. The number of epoxide rings is 1. The minimum atomic E-state index is -3.87. The van der Waals surface area contributed by atoms with Gasteiger partial charge < -0.3 is 14.2 Å². The van der Waals surface area contributed by atoms with Crippen LogP contribution >= 0.6 is 0 Å². The molecule has 0 amide bonds. The molecule has 5 atom stereocenters. The number of ether oxygens (including phenoxy) is 3. The topological polar surface area (TPSA) is 74.4 Å². The first kappa shape index (κ1) is 13.7. The highest BCUT2D eigenvalue weighted by atomic mass is 32.2. The Morgan fingerprint density at radius 3 is 2.71 bits per heavy atom. The van der Waals surface area contributed by atoms with Crippen LogP contribution in [-0.2, 0) is 28.5 Å². The summed E-state index contributed by atoms with van der Waals surface area (Å²) in [7, 11) is -3.87. The van der Waals surface area contributed by atoms with Crippen LogP contribution in [0.25, 0.3) is 0 Å². The average Bonchev–Trinajstić information content (AvgIpc) is 2.94. The second-order valence-corrected chi connectivity index (χ2v) is 7.45. The lowest BCUT2D eigenvalue weighted by Crippen LogP contribution is -2.46. The largest absolute Gasteiger partial charge is 0.360 e. The second kappa shape index (κ2) is 4.27. The van der Waals surface area contributed by atoms with Gasteiger partial charge in [-0.15, -0.1) is 0 Å². The fourth-order valence-corrected chi connectivity index (χ4v) is 4.00. The van der Waals surface area contributed by atoms with Crippen LogP contribution in [-0.4, -0.2) is 45.2 Å². The van der Waals surface area contributed by atoms with E-state index in [1.807, 2.05) is 13.8 Å². The van der Waals surface area contributed by atoms with Crippen LogP contribution in [0.3, 0.4) is 0 Å². The molecular weight excluding hydrogens is 296 g/mol. The van der Waals surface area contributed by atoms with E-state index < -0.39 is 28.1 Å². The van der Waals surface area contributed by atoms with E-state index in [2.05, 4.69) is 0 Å². The molecule has 0 aliphatic carbocycles. The summed E-state index contributed by atoms with van der Waals surface area (Å²) >= 11 is 0. The van der Waals surface area contributed by atoms with Crippen molar-refractivity contribution in [3.8, 4) is 0 Å². The number of rotatable bonds is 3. The molecule has 2 bridgehead atoms. The first-order valence-electron chi connectivity index (χ1n) is 6.85. The summed E-state index contributed by atoms with van der Waals surface area (Å²) in [4.78, 5) is 0.121. The first-order chi connectivity index (χ1) is 9.90. The molecule has 3 heterocycles. The molecule has 1 aromatic rings. The summed E-state index contributed by atoms with van der Waals surface area (Å²) in [6, 6.07) is 6.51. The Kier molecular flexibility index (Phi) is 2.78. The van der Waals surface area contributed by atoms with Crippen LogP contribution < -0.4 is 0 Å². The third-order valence-corrected chi connectivity index (χ3v) is 5.68. The van der Waals surface area contributed by atoms with E-state index in [0.717, 1.165) is 5.56 Å². The van der Waals surface area contributed by atoms with Gasteiger partial charge in [0, 0.05) is 0 Å². The van der Waals surface area contributed by atoms with Crippen molar-refractivity contribution in [1.82, 2.24) is 0 Å². The van der Waals surface area contributed by atoms with E-state index in [-0.39, 0.29) is 17.1 Å². The summed E-state index contributed by atoms with van der Waals surface area (Å²) in [6.45, 7) is 4.19. The lowest BCUT2D eigenvalue weighted by atomic mass is 9.96. The van der Waals surface area contributed by atoms with Crippen LogP contribution in [0.2, 0.25) is 0 Å². The van der Waals surface area contributed by atoms with Gasteiger partial charge in [-0.2, -0.15) is 8.42 Å². The highest BCUT2D eigenvalue weighted by Crippen LogP contribution is 2.52. The first-order valence-corrected chi connectivity index (χ1v) is 8.26. The molecule has 0 radical (unpaired) electrons. The average molecular weight is 312 g/mol. The maximum atomic E-state index is 12.4. The Labute approximate surface area is 123 Å². The van der Waals surface area contributed by atoms with Gasteiger partial charge in [-0.05, 0) is 26.0 Å². The predicted molar refractivity (Wildman–Crippen MR) is 71.1 cm³/mol. The third kappa shape index (κ3) is 2.03. The highest BCUT2D eigenvalue weighted by Gasteiger charge is 2.71. The highest BCUT2D eigenvalue weighted by molar-refractivity contribution is 7.86. The van der Waals surface area contributed by atoms with Crippen molar-refractivity contribution in [3.63, 3.8) is 0 Å². The fraction of sp³-hybridized carbons (Fsp3) is 0.571. The monoisotopic (exact) mass is 312 g/mol. The SMILES string of the molecule is Cc1ccc(S(=O)(=O)OC2C3OCC(O3)C3(C)OC23)cc1. The van der Waals surface area contributed by atoms with E-state index in [9.17, 15) is 8.42 Å². The van der Waals surface area contributed by atoms with Gasteiger partial charge in [-0.25, -0.2) is 0 Å². The molecular formula is C14H16O6S. The zero-order valence-electron chi connectivity index (χ0n) is 11.7. The number of hydrogen-bond acceptors (Lipinski definition) is 6. The molecule has 0 N–H and O–H groups in total. The number of hydrogen-bond donors (Lipinski definition) is 0. The van der Waals surface area contributed by atoms with Crippen molar-refractivity contribution in [3.05, 3.63) is 29.8 Å². The molecule has 7 heteroatoms. The van der Waals surface area contributed by atoms with E-state index in [4.69, 9.17) is 18.4 Å². The lowest BCUT2D eigenvalue weighted by Gasteiger charge is -2.26. The van der Waals surface area contributed by atoms with Crippen molar-refractivity contribution in [2.75, 3.05) is 6.61 Å². The van der Waals surface area contributed by atoms with Crippen LogP contribution in [0.15, 0.2) is 29.2 Å². The molecule has 4 rings (SSSR count). The quantitative estimate of drug-likeness (QED) is 0.612. The van der Waals surface area contributed by atoms with E-state index in [1.165, 1.54) is 12.1 Å². The number of fused-ring (bicyclic) bond motifs is 4. The Morgan fingerprint density at radius 1 is 1.29 bits per heavy atom. The Balaban J connectivity index is 1.59. The zero-order chi connectivity index (χ0) is 14.8. The molecule has 3 aliphatic rings. The van der Waals surface area contributed by atoms with Crippen molar-refractivity contribution in [1.29, 1.82) is 0 Å². The van der Waals surface area contributed by atoms with Gasteiger partial charge in [0.25, 0.3) is 10.1 Å². The Morgan fingerprint density at radius 2 is 2.00 bits per heavy atom. The van der Waals surface area contributed by atoms with Crippen molar-refractivity contribution < 1.29 is 26.8 Å². The van der Waals surface area contributed by atoms with Gasteiger partial charge in [-0.3, -0.25) is 4.18 Å². The smallest absolute Gasteiger partial charge is 0.297 e. The van der Waals surface area contributed by atoms with Gasteiger partial charge in [0.15, 0.2) is 12.4 Å². The van der Waals surface area contributed by atoms with E-state index in [0.29, 0.717) is 6.61 Å². The third-order valence-electron chi connectivity index (χ3n) is 4.35. The maximum Gasteiger partial charge on any atom is 0.297 e. The molecule has 0 saturated carbocycles. The lowest BCUT2D eigenvalue weighted by molar-refractivity contribution is -0.139. The summed E-state index contributed by atoms with van der Waals surface area (Å²) < 4.78 is 46.8. The van der Waals surface area contributed by atoms with Gasteiger partial charge in [0.05, 0.1) is 11.5 Å². The normalized spacial score (nSPS) is 40.9. The van der Waals surface area contributed by atoms with E-state index >= 15 is 0 Å². The summed E-state index contributed by atoms with van der Waals surface area (Å²) in [6.07, 6.45) is -1.89.